The number of carbonyl (C=O) groups is 1. The maximum atomic E-state index is 12.0. The molecule has 10 nitrogen and oxygen atoms in total. The zero-order valence-corrected chi connectivity index (χ0v) is 22.7. The third kappa shape index (κ3) is 6.04. The summed E-state index contributed by atoms with van der Waals surface area (Å²) in [5.41, 5.74) is 4.45. The molecule has 1 fully saturated rings. The van der Waals surface area contributed by atoms with Crippen LogP contribution in [0.15, 0.2) is 55.1 Å². The number of nitriles is 1. The number of carbonyl (C=O) groups excluding carboxylic acids is 1. The van der Waals surface area contributed by atoms with E-state index in [0.29, 0.717) is 22.9 Å². The van der Waals surface area contributed by atoms with E-state index in [9.17, 15) is 10.1 Å². The van der Waals surface area contributed by atoms with Gasteiger partial charge in [-0.2, -0.15) is 15.5 Å². The predicted molar refractivity (Wildman–Crippen MR) is 148 cm³/mol. The highest BCUT2D eigenvalue weighted by molar-refractivity contribution is 5.84. The number of aromatic nitrogens is 4. The molecule has 39 heavy (non-hydrogen) atoms. The molecule has 1 saturated heterocycles. The molecule has 0 bridgehead atoms. The fourth-order valence-corrected chi connectivity index (χ4v) is 4.88. The maximum absolute atomic E-state index is 12.0. The van der Waals surface area contributed by atoms with E-state index in [1.54, 1.807) is 17.8 Å². The van der Waals surface area contributed by atoms with Gasteiger partial charge in [-0.3, -0.25) is 14.9 Å². The number of ether oxygens (including phenoxy) is 2. The van der Waals surface area contributed by atoms with E-state index in [0.717, 1.165) is 49.3 Å². The zero-order valence-electron chi connectivity index (χ0n) is 22.7. The molecular formula is C29H33N7O3. The number of hydrogen-bond acceptors (Lipinski definition) is 7. The molecule has 0 aliphatic carbocycles. The van der Waals surface area contributed by atoms with Crippen molar-refractivity contribution in [2.75, 3.05) is 25.5 Å². The van der Waals surface area contributed by atoms with Crippen molar-refractivity contribution in [2.24, 2.45) is 0 Å². The summed E-state index contributed by atoms with van der Waals surface area (Å²) in [5.74, 6) is 0.608. The van der Waals surface area contributed by atoms with Crippen LogP contribution in [0, 0.1) is 11.3 Å². The zero-order chi connectivity index (χ0) is 27.6. The van der Waals surface area contributed by atoms with Crippen molar-refractivity contribution < 1.29 is 14.3 Å². The van der Waals surface area contributed by atoms with Gasteiger partial charge in [-0.1, -0.05) is 12.1 Å². The fraction of sp³-hybridized carbons (Fsp3) is 0.379. The van der Waals surface area contributed by atoms with E-state index >= 15 is 0 Å². The molecule has 4 aromatic rings. The minimum atomic E-state index is -0.529. The predicted octanol–water partition coefficient (Wildman–Crippen LogP) is 5.26. The first-order valence-corrected chi connectivity index (χ1v) is 13.0. The van der Waals surface area contributed by atoms with Crippen molar-refractivity contribution in [2.45, 2.75) is 51.8 Å². The standard InChI is InChI=1S/C29H33N7O3/c1-29(2,3)39-28(37)33-24-7-5-20(6-8-24)17-34-11-9-25(10-12-34)35-19-23(16-31-35)21-13-26(38-4)27-22(14-30)15-32-36(27)18-21/h5-8,13,15-16,18-19,25H,9-12,17H2,1-4H3,(H,33,37). The number of pyridine rings is 1. The van der Waals surface area contributed by atoms with E-state index in [1.165, 1.54) is 5.56 Å². The van der Waals surface area contributed by atoms with E-state index in [2.05, 4.69) is 37.4 Å². The second kappa shape index (κ2) is 10.8. The van der Waals surface area contributed by atoms with Crippen LogP contribution >= 0.6 is 0 Å². The van der Waals surface area contributed by atoms with Crippen LogP contribution in [0.1, 0.15) is 50.8 Å². The van der Waals surface area contributed by atoms with Gasteiger partial charge < -0.3 is 9.47 Å². The molecule has 3 aromatic heterocycles. The molecule has 1 aromatic carbocycles. The molecule has 1 aliphatic heterocycles. The van der Waals surface area contributed by atoms with Crippen molar-refractivity contribution >= 4 is 17.3 Å². The van der Waals surface area contributed by atoms with Crippen LogP contribution in [0.25, 0.3) is 16.6 Å². The third-order valence-corrected chi connectivity index (χ3v) is 6.79. The van der Waals surface area contributed by atoms with Crippen molar-refractivity contribution in [3.63, 3.8) is 0 Å². The van der Waals surface area contributed by atoms with Crippen LogP contribution in [0.3, 0.4) is 0 Å². The first-order chi connectivity index (χ1) is 18.7. The molecule has 202 valence electrons. The summed E-state index contributed by atoms with van der Waals surface area (Å²) in [5, 5.41) is 21.1. The number of anilines is 1. The quantitative estimate of drug-likeness (QED) is 0.364. The van der Waals surface area contributed by atoms with Crippen molar-refractivity contribution in [1.29, 1.82) is 5.26 Å². The Hall–Kier alpha value is -4.36. The van der Waals surface area contributed by atoms with Crippen LogP contribution in [0.2, 0.25) is 0 Å². The number of hydrogen-bond donors (Lipinski definition) is 1. The summed E-state index contributed by atoms with van der Waals surface area (Å²) in [6.07, 6.45) is 8.96. The first-order valence-electron chi connectivity index (χ1n) is 13.0. The Morgan fingerprint density at radius 1 is 1.10 bits per heavy atom. The first kappa shape index (κ1) is 26.3. The molecule has 1 N–H and O–H groups in total. The van der Waals surface area contributed by atoms with Crippen LogP contribution < -0.4 is 10.1 Å². The van der Waals surface area contributed by atoms with Gasteiger partial charge in [0.05, 0.1) is 25.5 Å². The SMILES string of the molecule is COc1cc(-c2cnn(C3CCN(Cc4ccc(NC(=O)OC(C)(C)C)cc4)CC3)c2)cn2ncc(C#N)c12. The fourth-order valence-electron chi connectivity index (χ4n) is 4.88. The Morgan fingerprint density at radius 2 is 1.85 bits per heavy atom. The Kier molecular flexibility index (Phi) is 7.26. The summed E-state index contributed by atoms with van der Waals surface area (Å²) in [7, 11) is 1.60. The van der Waals surface area contributed by atoms with E-state index in [1.807, 2.05) is 63.5 Å². The number of piperidine rings is 1. The smallest absolute Gasteiger partial charge is 0.412 e. The van der Waals surface area contributed by atoms with Crippen LogP contribution in [0.4, 0.5) is 10.5 Å². The van der Waals surface area contributed by atoms with Gasteiger partial charge in [-0.25, -0.2) is 9.31 Å². The lowest BCUT2D eigenvalue weighted by molar-refractivity contribution is 0.0636. The van der Waals surface area contributed by atoms with Crippen LogP contribution in [-0.2, 0) is 11.3 Å². The average molecular weight is 528 g/mol. The lowest BCUT2D eigenvalue weighted by atomic mass is 10.0. The Labute approximate surface area is 227 Å². The van der Waals surface area contributed by atoms with Crippen LogP contribution in [0.5, 0.6) is 5.75 Å². The minimum absolute atomic E-state index is 0.330. The van der Waals surface area contributed by atoms with Crippen molar-refractivity contribution in [3.8, 4) is 22.9 Å². The minimum Gasteiger partial charge on any atom is -0.494 e. The Bertz CT molecular complexity index is 1500. The number of rotatable bonds is 6. The van der Waals surface area contributed by atoms with E-state index in [4.69, 9.17) is 9.47 Å². The Morgan fingerprint density at radius 3 is 2.51 bits per heavy atom. The van der Waals surface area contributed by atoms with E-state index in [-0.39, 0.29) is 0 Å². The molecule has 4 heterocycles. The molecule has 10 heteroatoms. The van der Waals surface area contributed by atoms with Crippen molar-refractivity contribution in [1.82, 2.24) is 24.3 Å². The van der Waals surface area contributed by atoms with E-state index < -0.39 is 11.7 Å². The molecule has 0 spiro atoms. The monoisotopic (exact) mass is 527 g/mol. The number of methoxy groups -OCH3 is 1. The second-order valence-electron chi connectivity index (χ2n) is 10.8. The molecule has 1 amide bonds. The molecule has 0 atom stereocenters. The molecule has 1 aliphatic rings. The second-order valence-corrected chi connectivity index (χ2v) is 10.8. The van der Waals surface area contributed by atoms with Gasteiger partial charge in [0.25, 0.3) is 0 Å². The molecule has 0 radical (unpaired) electrons. The summed E-state index contributed by atoms with van der Waals surface area (Å²) in [4.78, 5) is 14.4. The summed E-state index contributed by atoms with van der Waals surface area (Å²) in [6, 6.07) is 12.3. The normalized spacial score (nSPS) is 14.7. The average Bonchev–Trinajstić information content (AvgIpc) is 3.56. The van der Waals surface area contributed by atoms with Gasteiger partial charge in [0.15, 0.2) is 0 Å². The lowest BCUT2D eigenvalue weighted by Crippen LogP contribution is -2.34. The number of benzene rings is 1. The molecule has 0 saturated carbocycles. The molecular weight excluding hydrogens is 494 g/mol. The van der Waals surface area contributed by atoms with Gasteiger partial charge in [0, 0.05) is 48.8 Å². The van der Waals surface area contributed by atoms with Crippen LogP contribution in [-0.4, -0.2) is 56.2 Å². The lowest BCUT2D eigenvalue weighted by Gasteiger charge is -2.32. The topological polar surface area (TPSA) is 110 Å². The molecule has 5 rings (SSSR count). The summed E-state index contributed by atoms with van der Waals surface area (Å²) >= 11 is 0. The molecule has 0 unspecified atom stereocenters. The van der Waals surface area contributed by atoms with Gasteiger partial charge in [-0.05, 0) is 57.4 Å². The van der Waals surface area contributed by atoms with Gasteiger partial charge >= 0.3 is 6.09 Å². The summed E-state index contributed by atoms with van der Waals surface area (Å²) in [6.45, 7) is 8.34. The number of amides is 1. The number of nitrogens with one attached hydrogen (secondary N) is 1. The highest BCUT2D eigenvalue weighted by atomic mass is 16.6. The Balaban J connectivity index is 1.17. The highest BCUT2D eigenvalue weighted by Gasteiger charge is 2.22. The van der Waals surface area contributed by atoms with Gasteiger partial charge in [-0.15, -0.1) is 0 Å². The van der Waals surface area contributed by atoms with Crippen molar-refractivity contribution in [3.05, 3.63) is 66.2 Å². The highest BCUT2D eigenvalue weighted by Crippen LogP contribution is 2.31. The third-order valence-electron chi connectivity index (χ3n) is 6.79. The van der Waals surface area contributed by atoms with Gasteiger partial charge in [0.2, 0.25) is 0 Å². The number of nitrogens with zero attached hydrogens (tertiary/aromatic N) is 6. The maximum Gasteiger partial charge on any atom is 0.412 e. The number of likely N-dealkylation sites (tertiary alicyclic amines) is 1. The van der Waals surface area contributed by atoms with Gasteiger partial charge in [0.1, 0.15) is 28.5 Å². The largest absolute Gasteiger partial charge is 0.494 e. The summed E-state index contributed by atoms with van der Waals surface area (Å²) < 4.78 is 14.6. The number of fused-ring (bicyclic) bond motifs is 1.